The van der Waals surface area contributed by atoms with E-state index in [1.54, 1.807) is 6.07 Å². The molecule has 1 aliphatic heterocycles. The lowest BCUT2D eigenvalue weighted by Gasteiger charge is -2.11. The highest BCUT2D eigenvalue weighted by Crippen LogP contribution is 2.32. The fourth-order valence-electron chi connectivity index (χ4n) is 1.38. The van der Waals surface area contributed by atoms with E-state index in [4.69, 9.17) is 16.3 Å². The smallest absolute Gasteiger partial charge is 0.407 e. The summed E-state index contributed by atoms with van der Waals surface area (Å²) in [4.78, 5) is 10.9. The van der Waals surface area contributed by atoms with Gasteiger partial charge in [-0.05, 0) is 12.1 Å². The molecule has 1 aromatic carbocycles. The third-order valence-corrected chi connectivity index (χ3v) is 3.04. The van der Waals surface area contributed by atoms with Gasteiger partial charge in [-0.2, -0.15) is 0 Å². The largest absolute Gasteiger partial charge is 0.447 e. The number of alkyl carbamates (subject to hydrolysis) is 1. The average Bonchev–Trinajstić information content (AvgIpc) is 2.51. The Kier molecular flexibility index (Phi) is 2.65. The minimum atomic E-state index is -0.401. The summed E-state index contributed by atoms with van der Waals surface area (Å²) in [6, 6.07) is 5.34. The summed E-state index contributed by atoms with van der Waals surface area (Å²) >= 11 is 9.41. The van der Waals surface area contributed by atoms with E-state index >= 15 is 0 Å². The second-order valence-corrected chi connectivity index (χ2v) is 4.19. The van der Waals surface area contributed by atoms with Crippen molar-refractivity contribution in [2.24, 2.45) is 0 Å². The lowest BCUT2D eigenvalue weighted by Crippen LogP contribution is -2.18. The molecule has 1 fully saturated rings. The molecule has 1 atom stereocenters. The van der Waals surface area contributed by atoms with E-state index in [-0.39, 0.29) is 6.04 Å². The Morgan fingerprint density at radius 1 is 1.57 bits per heavy atom. The van der Waals surface area contributed by atoms with E-state index in [9.17, 15) is 4.79 Å². The molecule has 0 spiro atoms. The topological polar surface area (TPSA) is 38.3 Å². The zero-order chi connectivity index (χ0) is 10.1. The molecule has 1 saturated heterocycles. The monoisotopic (exact) mass is 275 g/mol. The standard InChI is InChI=1S/C9H7BrClNO2/c10-5-2-1-3-6(11)8(5)7-4-14-9(13)12-7/h1-3,7H,4H2,(H,12,13). The van der Waals surface area contributed by atoms with Crippen LogP contribution in [0.4, 0.5) is 4.79 Å². The molecule has 3 nitrogen and oxygen atoms in total. The van der Waals surface area contributed by atoms with Crippen LogP contribution in [0.3, 0.4) is 0 Å². The number of hydrogen-bond donors (Lipinski definition) is 1. The van der Waals surface area contributed by atoms with Crippen LogP contribution >= 0.6 is 27.5 Å². The molecular weight excluding hydrogens is 269 g/mol. The van der Waals surface area contributed by atoms with Crippen LogP contribution in [0.25, 0.3) is 0 Å². The van der Waals surface area contributed by atoms with Crippen molar-refractivity contribution in [3.8, 4) is 0 Å². The molecule has 1 N–H and O–H groups in total. The fraction of sp³-hybridized carbons (Fsp3) is 0.222. The molecule has 5 heteroatoms. The summed E-state index contributed by atoms with van der Waals surface area (Å²) in [6.07, 6.45) is -0.401. The van der Waals surface area contributed by atoms with Gasteiger partial charge in [0.2, 0.25) is 0 Å². The van der Waals surface area contributed by atoms with Crippen molar-refractivity contribution >= 4 is 33.6 Å². The molecule has 14 heavy (non-hydrogen) atoms. The van der Waals surface area contributed by atoms with Gasteiger partial charge in [0.15, 0.2) is 0 Å². The molecule has 1 aromatic rings. The van der Waals surface area contributed by atoms with E-state index in [1.165, 1.54) is 0 Å². The minimum Gasteiger partial charge on any atom is -0.447 e. The Bertz CT molecular complexity index is 363. The highest BCUT2D eigenvalue weighted by atomic mass is 79.9. The average molecular weight is 277 g/mol. The van der Waals surface area contributed by atoms with Crippen LogP contribution in [0, 0.1) is 0 Å². The second-order valence-electron chi connectivity index (χ2n) is 2.93. The van der Waals surface area contributed by atoms with Gasteiger partial charge < -0.3 is 10.1 Å². The molecule has 1 unspecified atom stereocenters. The van der Waals surface area contributed by atoms with E-state index in [2.05, 4.69) is 21.2 Å². The van der Waals surface area contributed by atoms with Crippen molar-refractivity contribution in [2.45, 2.75) is 6.04 Å². The van der Waals surface area contributed by atoms with Crippen LogP contribution in [0.2, 0.25) is 5.02 Å². The number of nitrogens with one attached hydrogen (secondary N) is 1. The van der Waals surface area contributed by atoms with Crippen molar-refractivity contribution in [3.05, 3.63) is 33.3 Å². The van der Waals surface area contributed by atoms with Crippen LogP contribution in [-0.4, -0.2) is 12.7 Å². The third-order valence-electron chi connectivity index (χ3n) is 2.02. The van der Waals surface area contributed by atoms with Crippen LogP contribution < -0.4 is 5.32 Å². The Balaban J connectivity index is 2.36. The molecule has 0 aliphatic carbocycles. The molecule has 1 aliphatic rings. The fourth-order valence-corrected chi connectivity index (χ4v) is 2.45. The number of ether oxygens (including phenoxy) is 1. The Hall–Kier alpha value is -0.740. The normalized spacial score (nSPS) is 20.4. The molecule has 1 heterocycles. The van der Waals surface area contributed by atoms with E-state index in [1.807, 2.05) is 12.1 Å². The predicted molar refractivity (Wildman–Crippen MR) is 56.4 cm³/mol. The van der Waals surface area contributed by atoms with Gasteiger partial charge in [0, 0.05) is 15.1 Å². The first kappa shape index (κ1) is 9.80. The zero-order valence-corrected chi connectivity index (χ0v) is 9.43. The molecule has 74 valence electrons. The summed E-state index contributed by atoms with van der Waals surface area (Å²) in [5.74, 6) is 0. The second kappa shape index (κ2) is 3.79. The molecule has 0 bridgehead atoms. The quantitative estimate of drug-likeness (QED) is 0.856. The van der Waals surface area contributed by atoms with Crippen molar-refractivity contribution in [1.82, 2.24) is 5.32 Å². The van der Waals surface area contributed by atoms with E-state index < -0.39 is 6.09 Å². The Labute approximate surface area is 94.5 Å². The van der Waals surface area contributed by atoms with E-state index in [0.29, 0.717) is 11.6 Å². The van der Waals surface area contributed by atoms with Gasteiger partial charge in [-0.3, -0.25) is 0 Å². The third kappa shape index (κ3) is 1.72. The SMILES string of the molecule is O=C1NC(c2c(Cl)cccc2Br)CO1. The van der Waals surface area contributed by atoms with Gasteiger partial charge in [0.1, 0.15) is 6.61 Å². The van der Waals surface area contributed by atoms with Gasteiger partial charge in [-0.15, -0.1) is 0 Å². The molecule has 0 radical (unpaired) electrons. The first-order chi connectivity index (χ1) is 6.68. The summed E-state index contributed by atoms with van der Waals surface area (Å²) in [5, 5.41) is 3.30. The van der Waals surface area contributed by atoms with Gasteiger partial charge in [0.05, 0.1) is 6.04 Å². The van der Waals surface area contributed by atoms with Crippen LogP contribution in [0.15, 0.2) is 22.7 Å². The molecule has 0 saturated carbocycles. The number of cyclic esters (lactones) is 1. The molecule has 2 rings (SSSR count). The number of hydrogen-bond acceptors (Lipinski definition) is 2. The summed E-state index contributed by atoms with van der Waals surface area (Å²) < 4.78 is 5.68. The maximum absolute atomic E-state index is 10.9. The minimum absolute atomic E-state index is 0.162. The van der Waals surface area contributed by atoms with Gasteiger partial charge >= 0.3 is 6.09 Å². The maximum Gasteiger partial charge on any atom is 0.407 e. The lowest BCUT2D eigenvalue weighted by atomic mass is 10.1. The summed E-state index contributed by atoms with van der Waals surface area (Å²) in [6.45, 7) is 0.321. The first-order valence-electron chi connectivity index (χ1n) is 4.05. The number of amides is 1. The number of carbonyl (C=O) groups is 1. The summed E-state index contributed by atoms with van der Waals surface area (Å²) in [7, 11) is 0. The maximum atomic E-state index is 10.9. The first-order valence-corrected chi connectivity index (χ1v) is 5.23. The molecule has 1 amide bonds. The van der Waals surface area contributed by atoms with Gasteiger partial charge in [0.25, 0.3) is 0 Å². The predicted octanol–water partition coefficient (Wildman–Crippen LogP) is 2.88. The molecular formula is C9H7BrClNO2. The number of carbonyl (C=O) groups excluding carboxylic acids is 1. The number of rotatable bonds is 1. The lowest BCUT2D eigenvalue weighted by molar-refractivity contribution is 0.177. The van der Waals surface area contributed by atoms with Gasteiger partial charge in [-0.1, -0.05) is 33.6 Å². The van der Waals surface area contributed by atoms with Crippen molar-refractivity contribution in [3.63, 3.8) is 0 Å². The van der Waals surface area contributed by atoms with Crippen LogP contribution in [0.5, 0.6) is 0 Å². The van der Waals surface area contributed by atoms with Crippen molar-refractivity contribution < 1.29 is 9.53 Å². The van der Waals surface area contributed by atoms with Crippen molar-refractivity contribution in [1.29, 1.82) is 0 Å². The molecule has 0 aromatic heterocycles. The highest BCUT2D eigenvalue weighted by molar-refractivity contribution is 9.10. The summed E-state index contributed by atoms with van der Waals surface area (Å²) in [5.41, 5.74) is 0.861. The zero-order valence-electron chi connectivity index (χ0n) is 7.09. The number of halogens is 2. The van der Waals surface area contributed by atoms with Gasteiger partial charge in [-0.25, -0.2) is 4.79 Å². The van der Waals surface area contributed by atoms with Crippen molar-refractivity contribution in [2.75, 3.05) is 6.61 Å². The number of benzene rings is 1. The Morgan fingerprint density at radius 2 is 2.36 bits per heavy atom. The highest BCUT2D eigenvalue weighted by Gasteiger charge is 2.27. The van der Waals surface area contributed by atoms with Crippen LogP contribution in [-0.2, 0) is 4.74 Å². The van der Waals surface area contributed by atoms with Crippen LogP contribution in [0.1, 0.15) is 11.6 Å². The van der Waals surface area contributed by atoms with E-state index in [0.717, 1.165) is 10.0 Å². The Morgan fingerprint density at radius 3 is 2.93 bits per heavy atom.